The van der Waals surface area contributed by atoms with Crippen LogP contribution in [-0.4, -0.2) is 6.61 Å². The molecule has 3 rings (SSSR count). The molecule has 2 heteroatoms. The van der Waals surface area contributed by atoms with Crippen molar-refractivity contribution in [2.24, 2.45) is 5.92 Å². The number of ether oxygens (including phenoxy) is 1. The van der Waals surface area contributed by atoms with E-state index in [2.05, 4.69) is 19.1 Å². The Balaban J connectivity index is 1.52. The van der Waals surface area contributed by atoms with E-state index >= 15 is 0 Å². The lowest BCUT2D eigenvalue weighted by Gasteiger charge is -2.29. The van der Waals surface area contributed by atoms with Gasteiger partial charge in [-0.1, -0.05) is 30.3 Å². The molecule has 0 amide bonds. The van der Waals surface area contributed by atoms with Crippen LogP contribution in [0.15, 0.2) is 42.5 Å². The van der Waals surface area contributed by atoms with Crippen LogP contribution in [-0.2, 0) is 0 Å². The lowest BCUT2D eigenvalue weighted by molar-refractivity contribution is 0.199. The van der Waals surface area contributed by atoms with Gasteiger partial charge in [0.15, 0.2) is 0 Å². The number of halogens is 1. The second-order valence-electron chi connectivity index (χ2n) is 6.80. The topological polar surface area (TPSA) is 9.23 Å². The summed E-state index contributed by atoms with van der Waals surface area (Å²) in [5.74, 6) is 2.03. The number of hydrogen-bond acceptors (Lipinski definition) is 1. The van der Waals surface area contributed by atoms with Gasteiger partial charge in [-0.05, 0) is 80.2 Å². The van der Waals surface area contributed by atoms with Crippen molar-refractivity contribution in [3.05, 3.63) is 65.0 Å². The average Bonchev–Trinajstić information content (AvgIpc) is 2.57. The zero-order valence-electron chi connectivity index (χ0n) is 14.0. The highest BCUT2D eigenvalue weighted by Crippen LogP contribution is 2.36. The van der Waals surface area contributed by atoms with Crippen LogP contribution >= 0.6 is 0 Å². The minimum atomic E-state index is -0.0764. The van der Waals surface area contributed by atoms with Crippen LogP contribution in [0.1, 0.15) is 48.3 Å². The standard InChI is InChI=1S/C21H25FO/c1-15-7-10-19(13-20(15)22)18-11-8-17(9-12-18)14-23-21-6-4-3-5-16(21)2/h3-7,10,13,17-18H,8-9,11-12,14H2,1-2H3. The Morgan fingerprint density at radius 1 is 0.957 bits per heavy atom. The third-order valence-corrected chi connectivity index (χ3v) is 5.08. The molecule has 1 fully saturated rings. The number of hydrogen-bond donors (Lipinski definition) is 0. The van der Waals surface area contributed by atoms with Gasteiger partial charge in [-0.2, -0.15) is 0 Å². The molecule has 23 heavy (non-hydrogen) atoms. The highest BCUT2D eigenvalue weighted by molar-refractivity contribution is 5.31. The molecule has 2 aromatic rings. The second kappa shape index (κ2) is 7.16. The van der Waals surface area contributed by atoms with E-state index in [-0.39, 0.29) is 5.82 Å². The van der Waals surface area contributed by atoms with E-state index in [0.717, 1.165) is 49.2 Å². The third-order valence-electron chi connectivity index (χ3n) is 5.08. The Labute approximate surface area is 138 Å². The van der Waals surface area contributed by atoms with Gasteiger partial charge in [-0.25, -0.2) is 4.39 Å². The SMILES string of the molecule is Cc1ccc(C2CCC(COc3ccccc3C)CC2)cc1F. The minimum Gasteiger partial charge on any atom is -0.493 e. The monoisotopic (exact) mass is 312 g/mol. The van der Waals surface area contributed by atoms with Gasteiger partial charge >= 0.3 is 0 Å². The largest absolute Gasteiger partial charge is 0.493 e. The Hall–Kier alpha value is -1.83. The second-order valence-corrected chi connectivity index (χ2v) is 6.80. The molecule has 0 atom stereocenters. The predicted octanol–water partition coefficient (Wildman–Crippen LogP) is 5.80. The summed E-state index contributed by atoms with van der Waals surface area (Å²) < 4.78 is 19.7. The molecule has 1 aliphatic carbocycles. The van der Waals surface area contributed by atoms with E-state index in [9.17, 15) is 4.39 Å². The van der Waals surface area contributed by atoms with Crippen molar-refractivity contribution >= 4 is 0 Å². The molecule has 0 unspecified atom stereocenters. The zero-order valence-corrected chi connectivity index (χ0v) is 14.0. The van der Waals surface area contributed by atoms with Crippen molar-refractivity contribution in [1.29, 1.82) is 0 Å². The van der Waals surface area contributed by atoms with E-state index in [0.29, 0.717) is 11.8 Å². The summed E-state index contributed by atoms with van der Waals surface area (Å²) in [5, 5.41) is 0. The lowest BCUT2D eigenvalue weighted by atomic mass is 9.79. The highest BCUT2D eigenvalue weighted by atomic mass is 19.1. The molecular formula is C21H25FO. The Bertz CT molecular complexity index is 657. The highest BCUT2D eigenvalue weighted by Gasteiger charge is 2.23. The minimum absolute atomic E-state index is 0.0764. The van der Waals surface area contributed by atoms with Gasteiger partial charge in [0.25, 0.3) is 0 Å². The maximum Gasteiger partial charge on any atom is 0.126 e. The maximum absolute atomic E-state index is 13.7. The molecule has 0 radical (unpaired) electrons. The molecule has 122 valence electrons. The van der Waals surface area contributed by atoms with Crippen molar-refractivity contribution in [3.8, 4) is 5.75 Å². The molecule has 1 aliphatic rings. The molecule has 0 aromatic heterocycles. The molecule has 0 spiro atoms. The fraction of sp³-hybridized carbons (Fsp3) is 0.429. The fourth-order valence-corrected chi connectivity index (χ4v) is 3.45. The summed E-state index contributed by atoms with van der Waals surface area (Å²) in [7, 11) is 0. The molecular weight excluding hydrogens is 287 g/mol. The summed E-state index contributed by atoms with van der Waals surface area (Å²) in [6, 6.07) is 13.9. The number of aryl methyl sites for hydroxylation is 2. The van der Waals surface area contributed by atoms with E-state index in [1.54, 1.807) is 6.07 Å². The van der Waals surface area contributed by atoms with Crippen LogP contribution in [0.3, 0.4) is 0 Å². The van der Waals surface area contributed by atoms with Gasteiger partial charge in [0, 0.05) is 0 Å². The van der Waals surface area contributed by atoms with Gasteiger partial charge in [-0.3, -0.25) is 0 Å². The maximum atomic E-state index is 13.7. The molecule has 0 heterocycles. The third kappa shape index (κ3) is 3.93. The molecule has 0 N–H and O–H groups in total. The predicted molar refractivity (Wildman–Crippen MR) is 92.5 cm³/mol. The van der Waals surface area contributed by atoms with Crippen LogP contribution in [0.4, 0.5) is 4.39 Å². The van der Waals surface area contributed by atoms with Crippen molar-refractivity contribution in [2.75, 3.05) is 6.61 Å². The van der Waals surface area contributed by atoms with Gasteiger partial charge in [-0.15, -0.1) is 0 Å². The number of para-hydroxylation sites is 1. The van der Waals surface area contributed by atoms with Crippen LogP contribution in [0.25, 0.3) is 0 Å². The number of benzene rings is 2. The van der Waals surface area contributed by atoms with E-state index in [1.165, 1.54) is 5.56 Å². The van der Waals surface area contributed by atoms with E-state index in [1.807, 2.05) is 31.2 Å². The van der Waals surface area contributed by atoms with Crippen molar-refractivity contribution < 1.29 is 9.13 Å². The Morgan fingerprint density at radius 3 is 2.39 bits per heavy atom. The average molecular weight is 312 g/mol. The van der Waals surface area contributed by atoms with Gasteiger partial charge in [0.2, 0.25) is 0 Å². The van der Waals surface area contributed by atoms with Crippen LogP contribution in [0.2, 0.25) is 0 Å². The van der Waals surface area contributed by atoms with Crippen molar-refractivity contribution in [1.82, 2.24) is 0 Å². The molecule has 0 bridgehead atoms. The fourth-order valence-electron chi connectivity index (χ4n) is 3.45. The van der Waals surface area contributed by atoms with E-state index < -0.39 is 0 Å². The van der Waals surface area contributed by atoms with E-state index in [4.69, 9.17) is 4.74 Å². The Kier molecular flexibility index (Phi) is 5.00. The first-order chi connectivity index (χ1) is 11.1. The molecule has 0 saturated heterocycles. The van der Waals surface area contributed by atoms with Crippen molar-refractivity contribution in [2.45, 2.75) is 45.4 Å². The molecule has 1 saturated carbocycles. The molecule has 1 nitrogen and oxygen atoms in total. The first-order valence-corrected chi connectivity index (χ1v) is 8.58. The summed E-state index contributed by atoms with van der Waals surface area (Å²) in [4.78, 5) is 0. The summed E-state index contributed by atoms with van der Waals surface area (Å²) >= 11 is 0. The quantitative estimate of drug-likeness (QED) is 0.693. The van der Waals surface area contributed by atoms with Gasteiger partial charge in [0.05, 0.1) is 6.61 Å². The lowest BCUT2D eigenvalue weighted by Crippen LogP contribution is -2.19. The molecule has 0 aliphatic heterocycles. The molecule has 2 aromatic carbocycles. The van der Waals surface area contributed by atoms with Gasteiger partial charge < -0.3 is 4.74 Å². The van der Waals surface area contributed by atoms with Crippen LogP contribution in [0, 0.1) is 25.6 Å². The van der Waals surface area contributed by atoms with Crippen LogP contribution in [0.5, 0.6) is 5.75 Å². The summed E-state index contributed by atoms with van der Waals surface area (Å²) in [5.41, 5.74) is 3.08. The smallest absolute Gasteiger partial charge is 0.126 e. The first-order valence-electron chi connectivity index (χ1n) is 8.58. The summed E-state index contributed by atoms with van der Waals surface area (Å²) in [6.07, 6.45) is 4.58. The first kappa shape index (κ1) is 16.0. The van der Waals surface area contributed by atoms with Crippen molar-refractivity contribution in [3.63, 3.8) is 0 Å². The summed E-state index contributed by atoms with van der Waals surface area (Å²) in [6.45, 7) is 4.69. The van der Waals surface area contributed by atoms with Gasteiger partial charge in [0.1, 0.15) is 11.6 Å². The van der Waals surface area contributed by atoms with Crippen LogP contribution < -0.4 is 4.74 Å². The zero-order chi connectivity index (χ0) is 16.2. The normalized spacial score (nSPS) is 21.2. The Morgan fingerprint density at radius 2 is 1.70 bits per heavy atom. The number of rotatable bonds is 4.